The summed E-state index contributed by atoms with van der Waals surface area (Å²) >= 11 is 0. The van der Waals surface area contributed by atoms with Crippen molar-refractivity contribution < 1.29 is 23.2 Å². The Balaban J connectivity index is 1.28. The van der Waals surface area contributed by atoms with Crippen LogP contribution in [0, 0.1) is 5.92 Å². The molecular weight excluding hydrogens is 471 g/mol. The van der Waals surface area contributed by atoms with Gasteiger partial charge in [-0.15, -0.1) is 0 Å². The summed E-state index contributed by atoms with van der Waals surface area (Å²) in [5, 5.41) is 4.39. The van der Waals surface area contributed by atoms with E-state index >= 15 is 0 Å². The van der Waals surface area contributed by atoms with Crippen molar-refractivity contribution >= 4 is 17.5 Å². The van der Waals surface area contributed by atoms with Crippen molar-refractivity contribution in [1.82, 2.24) is 4.90 Å². The van der Waals surface area contributed by atoms with E-state index in [1.54, 1.807) is 6.08 Å². The number of quaternary nitrogens is 1. The molecule has 8 heteroatoms. The van der Waals surface area contributed by atoms with Crippen LogP contribution in [0.2, 0.25) is 0 Å². The normalized spacial score (nSPS) is 31.5. The number of halogens is 1. The molecule has 0 N–H and O–H groups in total. The SMILES string of the molecule is CCCC(=O)OC[N+]1(CCC2=C(C)N=C3CCCCN3C2C)CCC(C2=NOC3CC(F)=CC=C23)CC1. The topological polar surface area (TPSA) is 63.5 Å². The Bertz CT molecular complexity index is 1050. The minimum absolute atomic E-state index is 0.108. The average molecular weight is 514 g/mol. The zero-order valence-corrected chi connectivity index (χ0v) is 22.7. The maximum Gasteiger partial charge on any atom is 0.310 e. The quantitative estimate of drug-likeness (QED) is 0.322. The number of ether oxygens (including phenoxy) is 1. The van der Waals surface area contributed by atoms with Crippen LogP contribution in [0.15, 0.2) is 45.0 Å². The zero-order valence-electron chi connectivity index (χ0n) is 22.7. The number of carbonyl (C=O) groups excluding carboxylic acids is 1. The van der Waals surface area contributed by atoms with Crippen LogP contribution in [0.4, 0.5) is 4.39 Å². The van der Waals surface area contributed by atoms with Crippen molar-refractivity contribution in [1.29, 1.82) is 0 Å². The molecule has 0 aromatic heterocycles. The highest BCUT2D eigenvalue weighted by atomic mass is 19.1. The molecule has 0 aromatic rings. The molecule has 0 spiro atoms. The number of fused-ring (bicyclic) bond motifs is 2. The van der Waals surface area contributed by atoms with Crippen molar-refractivity contribution in [2.24, 2.45) is 16.1 Å². The number of hydrogen-bond donors (Lipinski definition) is 0. The lowest BCUT2D eigenvalue weighted by atomic mass is 9.83. The van der Waals surface area contributed by atoms with Crippen LogP contribution in [-0.2, 0) is 14.4 Å². The molecule has 0 bridgehead atoms. The second-order valence-corrected chi connectivity index (χ2v) is 11.4. The number of nitrogens with zero attached hydrogens (tertiary/aromatic N) is 4. The molecule has 0 amide bonds. The van der Waals surface area contributed by atoms with Crippen molar-refractivity contribution in [2.45, 2.75) is 90.7 Å². The predicted octanol–water partition coefficient (Wildman–Crippen LogP) is 5.40. The summed E-state index contributed by atoms with van der Waals surface area (Å²) in [6, 6.07) is 0.377. The van der Waals surface area contributed by atoms with E-state index in [4.69, 9.17) is 14.6 Å². The van der Waals surface area contributed by atoms with E-state index in [-0.39, 0.29) is 24.3 Å². The molecule has 4 heterocycles. The smallest absolute Gasteiger partial charge is 0.310 e. The molecule has 0 radical (unpaired) electrons. The highest BCUT2D eigenvalue weighted by molar-refractivity contribution is 6.04. The fourth-order valence-electron chi connectivity index (χ4n) is 6.64. The molecule has 2 atom stereocenters. The summed E-state index contributed by atoms with van der Waals surface area (Å²) in [6.07, 6.45) is 11.0. The van der Waals surface area contributed by atoms with Crippen LogP contribution in [0.25, 0.3) is 0 Å². The third-order valence-electron chi connectivity index (χ3n) is 8.96. The van der Waals surface area contributed by atoms with E-state index in [0.717, 1.165) is 74.1 Å². The van der Waals surface area contributed by atoms with Crippen molar-refractivity contribution in [3.05, 3.63) is 34.8 Å². The lowest BCUT2D eigenvalue weighted by Gasteiger charge is -2.44. The number of carbonyl (C=O) groups is 1. The van der Waals surface area contributed by atoms with E-state index in [1.807, 2.05) is 13.0 Å². The highest BCUT2D eigenvalue weighted by Crippen LogP contribution is 2.36. The molecule has 1 aliphatic carbocycles. The third-order valence-corrected chi connectivity index (χ3v) is 8.96. The van der Waals surface area contributed by atoms with Gasteiger partial charge in [0, 0.05) is 62.3 Å². The van der Waals surface area contributed by atoms with E-state index < -0.39 is 0 Å². The van der Waals surface area contributed by atoms with Crippen molar-refractivity contribution in [3.8, 4) is 0 Å². The van der Waals surface area contributed by atoms with Gasteiger partial charge in [0.25, 0.3) is 0 Å². The molecule has 2 unspecified atom stereocenters. The van der Waals surface area contributed by atoms with E-state index in [0.29, 0.717) is 25.1 Å². The van der Waals surface area contributed by atoms with Crippen LogP contribution in [-0.4, -0.2) is 72.0 Å². The molecule has 0 aromatic carbocycles. The molecule has 2 saturated heterocycles. The van der Waals surface area contributed by atoms with Crippen LogP contribution in [0.3, 0.4) is 0 Å². The molecule has 4 aliphatic heterocycles. The molecule has 2 fully saturated rings. The molecule has 202 valence electrons. The zero-order chi connectivity index (χ0) is 26.0. The largest absolute Gasteiger partial charge is 0.415 e. The van der Waals surface area contributed by atoms with Crippen molar-refractivity contribution in [2.75, 3.05) is 32.9 Å². The highest BCUT2D eigenvalue weighted by Gasteiger charge is 2.42. The van der Waals surface area contributed by atoms with Crippen LogP contribution in [0.5, 0.6) is 0 Å². The van der Waals surface area contributed by atoms with Crippen LogP contribution < -0.4 is 0 Å². The molecule has 5 rings (SSSR count). The average Bonchev–Trinajstić information content (AvgIpc) is 3.31. The van der Waals surface area contributed by atoms with Crippen LogP contribution in [0.1, 0.15) is 78.6 Å². The number of likely N-dealkylation sites (tertiary alicyclic amines) is 1. The van der Waals surface area contributed by atoms with Gasteiger partial charge in [-0.25, -0.2) is 9.38 Å². The Labute approximate surface area is 220 Å². The summed E-state index contributed by atoms with van der Waals surface area (Å²) in [4.78, 5) is 25.4. The molecule has 5 aliphatic rings. The standard InChI is InChI=1S/C29H42FN4O3/c1-4-7-28(35)36-19-34(17-13-24-20(2)31-27-8-5-6-14-33(27)21(24)3)15-11-22(12-16-34)29-25-10-9-23(30)18-26(25)37-32-29/h9-10,21-22,26H,4-8,11-19H2,1-3H3/q+1. The van der Waals surface area contributed by atoms with E-state index in [1.165, 1.54) is 29.9 Å². The van der Waals surface area contributed by atoms with Gasteiger partial charge in [0.2, 0.25) is 6.73 Å². The van der Waals surface area contributed by atoms with Gasteiger partial charge in [-0.2, -0.15) is 0 Å². The monoisotopic (exact) mass is 513 g/mol. The minimum Gasteiger partial charge on any atom is -0.415 e. The lowest BCUT2D eigenvalue weighted by Crippen LogP contribution is -2.56. The Kier molecular flexibility index (Phi) is 7.84. The summed E-state index contributed by atoms with van der Waals surface area (Å²) in [5.74, 6) is 1.28. The number of hydrogen-bond acceptors (Lipinski definition) is 6. The Morgan fingerprint density at radius 1 is 1.27 bits per heavy atom. The second-order valence-electron chi connectivity index (χ2n) is 11.4. The van der Waals surface area contributed by atoms with Crippen molar-refractivity contribution in [3.63, 3.8) is 0 Å². The van der Waals surface area contributed by atoms with Gasteiger partial charge in [-0.05, 0) is 44.8 Å². The summed E-state index contributed by atoms with van der Waals surface area (Å²) in [6.45, 7) is 10.8. The minimum atomic E-state index is -0.279. The number of aliphatic imine (C=N–C) groups is 1. The van der Waals surface area contributed by atoms with Gasteiger partial charge in [0.05, 0.1) is 31.4 Å². The fraction of sp³-hybridized carbons (Fsp3) is 0.690. The third kappa shape index (κ3) is 5.54. The number of allylic oxidation sites excluding steroid dienone is 3. The molecule has 0 saturated carbocycles. The first-order valence-electron chi connectivity index (χ1n) is 14.2. The van der Waals surface area contributed by atoms with Gasteiger partial charge in [0.1, 0.15) is 11.7 Å². The predicted molar refractivity (Wildman–Crippen MR) is 142 cm³/mol. The first kappa shape index (κ1) is 26.1. The van der Waals surface area contributed by atoms with E-state index in [2.05, 4.69) is 23.9 Å². The van der Waals surface area contributed by atoms with Gasteiger partial charge in [-0.1, -0.05) is 18.2 Å². The first-order chi connectivity index (χ1) is 17.9. The van der Waals surface area contributed by atoms with Gasteiger partial charge < -0.3 is 14.5 Å². The number of esters is 1. The molecule has 37 heavy (non-hydrogen) atoms. The number of oxime groups is 1. The number of piperidine rings is 2. The Morgan fingerprint density at radius 3 is 2.86 bits per heavy atom. The number of rotatable bonds is 8. The Morgan fingerprint density at radius 2 is 2.08 bits per heavy atom. The first-order valence-corrected chi connectivity index (χ1v) is 14.2. The molecule has 7 nitrogen and oxygen atoms in total. The maximum atomic E-state index is 13.7. The van der Waals surface area contributed by atoms with Gasteiger partial charge in [0.15, 0.2) is 6.10 Å². The maximum absolute atomic E-state index is 13.7. The summed E-state index contributed by atoms with van der Waals surface area (Å²) < 4.78 is 20.3. The number of amidine groups is 1. The van der Waals surface area contributed by atoms with Crippen LogP contribution >= 0.6 is 0 Å². The van der Waals surface area contributed by atoms with E-state index in [9.17, 15) is 9.18 Å². The van der Waals surface area contributed by atoms with Gasteiger partial charge >= 0.3 is 5.97 Å². The summed E-state index contributed by atoms with van der Waals surface area (Å²) in [7, 11) is 0. The Hall–Kier alpha value is -2.48. The lowest BCUT2D eigenvalue weighted by molar-refractivity contribution is -0.948. The molecular formula is C29H42FN4O3+. The summed E-state index contributed by atoms with van der Waals surface area (Å²) in [5.41, 5.74) is 4.61. The second kappa shape index (κ2) is 11.1. The fourth-order valence-corrected chi connectivity index (χ4v) is 6.64. The van der Waals surface area contributed by atoms with Gasteiger partial charge in [-0.3, -0.25) is 9.28 Å².